The van der Waals surface area contributed by atoms with Gasteiger partial charge in [0.2, 0.25) is 5.91 Å². The second kappa shape index (κ2) is 29.4. The number of halogens is 3. The predicted molar refractivity (Wildman–Crippen MR) is 304 cm³/mol. The second-order valence-corrected chi connectivity index (χ2v) is 21.2. The van der Waals surface area contributed by atoms with Gasteiger partial charge in [0.05, 0.1) is 83.4 Å². The zero-order chi connectivity index (χ0) is 57.2. The van der Waals surface area contributed by atoms with E-state index in [1.165, 1.54) is 32.7 Å². The van der Waals surface area contributed by atoms with Crippen LogP contribution in [0.1, 0.15) is 69.3 Å². The van der Waals surface area contributed by atoms with E-state index in [2.05, 4.69) is 83.4 Å². The van der Waals surface area contributed by atoms with Crippen LogP contribution in [0.4, 0.5) is 18.9 Å². The molecule has 2 atom stereocenters. The Labute approximate surface area is 472 Å². The number of carbonyl (C=O) groups excluding carboxylic acids is 1. The van der Waals surface area contributed by atoms with E-state index in [1.807, 2.05) is 17.0 Å². The van der Waals surface area contributed by atoms with Gasteiger partial charge in [-0.3, -0.25) is 14.2 Å². The molecule has 1 aliphatic carbocycles. The number of piperidine rings is 2. The number of likely N-dealkylation sites (tertiary alicyclic amines) is 2. The number of fused-ring (bicyclic) bond motifs is 2. The SMILES string of the molecule is COc1cc(OCCOCCOCCOCCOCC#Cc2ccc3c(=O)n(CC4(O)CCN(C(=O)C[C@@H](C)C5=CCC(C)C=C5)CC4)cnn23)ccc1NCC#Cc1cc2cc(CNC3CCN(C)CC3)ccc2n1CC(F)(F)F. The van der Waals surface area contributed by atoms with E-state index in [-0.39, 0.29) is 37.1 Å². The Morgan fingerprint density at radius 3 is 2.28 bits per heavy atom. The zero-order valence-electron chi connectivity index (χ0n) is 47.0. The molecule has 2 saturated heterocycles. The first kappa shape index (κ1) is 60.5. The molecule has 2 aliphatic heterocycles. The molecular formula is C61H77F3N8O9. The van der Waals surface area contributed by atoms with Gasteiger partial charge in [-0.25, -0.2) is 4.52 Å². The number of nitrogens with one attached hydrogen (secondary N) is 2. The van der Waals surface area contributed by atoms with Crippen LogP contribution in [0.5, 0.6) is 11.5 Å². The monoisotopic (exact) mass is 1120 g/mol. The van der Waals surface area contributed by atoms with Crippen LogP contribution in [0.3, 0.4) is 0 Å². The van der Waals surface area contributed by atoms with Crippen molar-refractivity contribution in [3.8, 4) is 35.2 Å². The Bertz CT molecular complexity index is 3130. The van der Waals surface area contributed by atoms with Crippen molar-refractivity contribution in [1.29, 1.82) is 0 Å². The molecule has 8 rings (SSSR count). The Hall–Kier alpha value is -6.62. The second-order valence-electron chi connectivity index (χ2n) is 21.2. The molecule has 0 radical (unpaired) electrons. The summed E-state index contributed by atoms with van der Waals surface area (Å²) in [6, 6.07) is 16.4. The lowest BCUT2D eigenvalue weighted by molar-refractivity contribution is -0.140. The molecule has 81 heavy (non-hydrogen) atoms. The first-order chi connectivity index (χ1) is 39.1. The molecule has 3 N–H and O–H groups in total. The summed E-state index contributed by atoms with van der Waals surface area (Å²) in [5.41, 5.74) is 3.12. The van der Waals surface area contributed by atoms with Crippen molar-refractivity contribution in [2.75, 3.05) is 112 Å². The van der Waals surface area contributed by atoms with E-state index in [0.29, 0.717) is 143 Å². The first-order valence-electron chi connectivity index (χ1n) is 28.0. The number of methoxy groups -OCH3 is 1. The van der Waals surface area contributed by atoms with Crippen LogP contribution in [-0.4, -0.2) is 164 Å². The molecule has 2 fully saturated rings. The number of benzene rings is 2. The normalized spacial score (nSPS) is 17.1. The van der Waals surface area contributed by atoms with E-state index in [9.17, 15) is 27.9 Å². The quantitative estimate of drug-likeness (QED) is 0.0381. The Balaban J connectivity index is 0.657. The number of aliphatic hydroxyl groups is 1. The number of allylic oxidation sites excluding steroid dienone is 4. The maximum atomic E-state index is 13.7. The molecule has 2 aromatic carbocycles. The fourth-order valence-electron chi connectivity index (χ4n) is 10.2. The number of ether oxygens (including phenoxy) is 6. The lowest BCUT2D eigenvalue weighted by Crippen LogP contribution is -2.50. The van der Waals surface area contributed by atoms with E-state index in [4.69, 9.17) is 28.4 Å². The molecule has 0 saturated carbocycles. The number of aromatic nitrogens is 4. The molecule has 5 heterocycles. The highest BCUT2D eigenvalue weighted by molar-refractivity contribution is 5.83. The standard InChI is InChI=1S/C61H77F3N8O9/c1-45-9-12-48(13-10-45)46(2)37-58(73)69-26-21-60(75,22-27-69)42-70-44-67-72-51(14-18-56(72)59(70)74)8-6-28-77-29-30-78-31-32-79-33-34-80-35-36-81-53-15-16-54(57(40-53)76-4)65-23-5-7-52-39-49-38-47(41-66-50-19-24-68(3)25-20-50)11-17-55(49)71(52)43-61(62,63)64/h9,11-18,38-40,44-46,50,65-66,75H,10,19-37,41-43H2,1-4H3/t45?,46-/m1/s1. The Morgan fingerprint density at radius 1 is 0.877 bits per heavy atom. The lowest BCUT2D eigenvalue weighted by atomic mass is 9.88. The third-order valence-electron chi connectivity index (χ3n) is 14.9. The van der Waals surface area contributed by atoms with E-state index in [1.54, 1.807) is 42.5 Å². The average molecular weight is 1120 g/mol. The molecule has 20 heteroatoms. The highest BCUT2D eigenvalue weighted by Gasteiger charge is 2.35. The van der Waals surface area contributed by atoms with Gasteiger partial charge in [-0.2, -0.15) is 18.3 Å². The maximum Gasteiger partial charge on any atom is 0.406 e. The molecule has 3 aliphatic rings. The minimum atomic E-state index is -4.41. The van der Waals surface area contributed by atoms with E-state index in [0.717, 1.165) is 43.3 Å². The lowest BCUT2D eigenvalue weighted by Gasteiger charge is -2.38. The summed E-state index contributed by atoms with van der Waals surface area (Å²) in [6.07, 6.45) is 7.87. The summed E-state index contributed by atoms with van der Waals surface area (Å²) in [5, 5.41) is 23.4. The summed E-state index contributed by atoms with van der Waals surface area (Å²) < 4.78 is 79.1. The summed E-state index contributed by atoms with van der Waals surface area (Å²) in [5.74, 6) is 13.7. The Kier molecular flexibility index (Phi) is 21.9. The molecule has 5 aromatic rings. The number of carbonyl (C=O) groups is 1. The largest absolute Gasteiger partial charge is 0.494 e. The maximum absolute atomic E-state index is 13.7. The van der Waals surface area contributed by atoms with Gasteiger partial charge < -0.3 is 58.5 Å². The highest BCUT2D eigenvalue weighted by Crippen LogP contribution is 2.31. The van der Waals surface area contributed by atoms with Crippen LogP contribution in [0, 0.1) is 35.5 Å². The van der Waals surface area contributed by atoms with Crippen LogP contribution in [0.25, 0.3) is 16.4 Å². The predicted octanol–water partition coefficient (Wildman–Crippen LogP) is 7.07. The van der Waals surface area contributed by atoms with Crippen molar-refractivity contribution in [3.63, 3.8) is 0 Å². The van der Waals surface area contributed by atoms with Crippen molar-refractivity contribution in [3.05, 3.63) is 112 Å². The fraction of sp³-hybridized carbons (Fsp3) is 0.525. The van der Waals surface area contributed by atoms with E-state index < -0.39 is 18.3 Å². The average Bonchev–Trinajstić information content (AvgIpc) is 4.03. The fourth-order valence-corrected chi connectivity index (χ4v) is 10.2. The third-order valence-corrected chi connectivity index (χ3v) is 14.9. The summed E-state index contributed by atoms with van der Waals surface area (Å²) in [4.78, 5) is 30.7. The van der Waals surface area contributed by atoms with E-state index >= 15 is 0 Å². The van der Waals surface area contributed by atoms with Gasteiger partial charge in [0.1, 0.15) is 48.8 Å². The number of hydrogen-bond donors (Lipinski definition) is 3. The number of anilines is 1. The minimum absolute atomic E-state index is 0.0828. The zero-order valence-corrected chi connectivity index (χ0v) is 47.0. The molecule has 1 amide bonds. The van der Waals surface area contributed by atoms with Crippen LogP contribution >= 0.6 is 0 Å². The molecule has 1 unspecified atom stereocenters. The van der Waals surface area contributed by atoms with Crippen LogP contribution < -0.4 is 25.7 Å². The van der Waals surface area contributed by atoms with Gasteiger partial charge in [0, 0.05) is 49.1 Å². The first-order valence-corrected chi connectivity index (χ1v) is 28.0. The third kappa shape index (κ3) is 17.9. The molecule has 436 valence electrons. The summed E-state index contributed by atoms with van der Waals surface area (Å²) >= 11 is 0. The molecular weight excluding hydrogens is 1050 g/mol. The van der Waals surface area contributed by atoms with Gasteiger partial charge in [-0.1, -0.05) is 50.0 Å². The van der Waals surface area contributed by atoms with Crippen molar-refractivity contribution >= 4 is 28.0 Å². The number of rotatable bonds is 26. The van der Waals surface area contributed by atoms with Crippen molar-refractivity contribution in [1.82, 2.24) is 33.9 Å². The highest BCUT2D eigenvalue weighted by atomic mass is 19.4. The van der Waals surface area contributed by atoms with Gasteiger partial charge >= 0.3 is 6.18 Å². The Morgan fingerprint density at radius 2 is 1.58 bits per heavy atom. The number of alkyl halides is 3. The number of nitrogens with zero attached hydrogens (tertiary/aromatic N) is 6. The number of hydrogen-bond acceptors (Lipinski definition) is 13. The van der Waals surface area contributed by atoms with Crippen molar-refractivity contribution in [2.24, 2.45) is 11.8 Å². The van der Waals surface area contributed by atoms with Crippen molar-refractivity contribution < 1.29 is 51.5 Å². The smallest absolute Gasteiger partial charge is 0.406 e. The van der Waals surface area contributed by atoms with Gasteiger partial charge in [0.25, 0.3) is 5.56 Å². The van der Waals surface area contributed by atoms with Crippen molar-refractivity contribution in [2.45, 2.75) is 89.8 Å². The molecule has 17 nitrogen and oxygen atoms in total. The summed E-state index contributed by atoms with van der Waals surface area (Å²) in [7, 11) is 3.66. The van der Waals surface area contributed by atoms with Gasteiger partial charge in [0.15, 0.2) is 0 Å². The summed E-state index contributed by atoms with van der Waals surface area (Å²) in [6.45, 7) is 9.99. The van der Waals surface area contributed by atoms with Crippen LogP contribution in [0.15, 0.2) is 89.5 Å². The van der Waals surface area contributed by atoms with Gasteiger partial charge in [-0.05, 0) is 130 Å². The van der Waals surface area contributed by atoms with Gasteiger partial charge in [-0.15, -0.1) is 0 Å². The van der Waals surface area contributed by atoms with Crippen LogP contribution in [-0.2, 0) is 43.4 Å². The molecule has 0 spiro atoms. The molecule has 0 bridgehead atoms. The number of amides is 1. The van der Waals surface area contributed by atoms with Crippen LogP contribution in [0.2, 0.25) is 0 Å². The minimum Gasteiger partial charge on any atom is -0.494 e. The topological polar surface area (TPSA) is 167 Å². The molecule has 3 aromatic heterocycles.